The molecule has 1 heterocycles. The third-order valence-corrected chi connectivity index (χ3v) is 4.96. The number of ether oxygens (including phenoxy) is 1. The van der Waals surface area contributed by atoms with Gasteiger partial charge in [-0.05, 0) is 45.7 Å². The van der Waals surface area contributed by atoms with Crippen LogP contribution in [0.2, 0.25) is 0 Å². The number of hydrogen-bond acceptors (Lipinski definition) is 7. The van der Waals surface area contributed by atoms with Crippen molar-refractivity contribution < 1.29 is 27.9 Å². The molecule has 0 saturated carbocycles. The molecule has 1 aliphatic carbocycles. The van der Waals surface area contributed by atoms with Crippen LogP contribution in [-0.4, -0.2) is 56.4 Å². The third-order valence-electron chi connectivity index (χ3n) is 4.45. The number of rotatable bonds is 5. The molecule has 0 spiro atoms. The second kappa shape index (κ2) is 10.5. The van der Waals surface area contributed by atoms with Gasteiger partial charge in [0.25, 0.3) is 11.8 Å². The van der Waals surface area contributed by atoms with E-state index in [0.29, 0.717) is 23.1 Å². The Morgan fingerprint density at radius 3 is 2.48 bits per heavy atom. The van der Waals surface area contributed by atoms with Gasteiger partial charge >= 0.3 is 5.97 Å². The summed E-state index contributed by atoms with van der Waals surface area (Å²) in [7, 11) is 1.78. The van der Waals surface area contributed by atoms with E-state index in [9.17, 15) is 23.1 Å². The number of imide groups is 1. The molecule has 1 N–H and O–H groups in total. The third kappa shape index (κ3) is 6.60. The Labute approximate surface area is 184 Å². The summed E-state index contributed by atoms with van der Waals surface area (Å²) >= 11 is -2.23. The fourth-order valence-electron chi connectivity index (χ4n) is 3.07. The lowest BCUT2D eigenvalue weighted by atomic mass is 10.00. The number of carbonyl (C=O) groups excluding carboxylic acids is 3. The Morgan fingerprint density at radius 2 is 1.90 bits per heavy atom. The highest BCUT2D eigenvalue weighted by molar-refractivity contribution is 7.79. The van der Waals surface area contributed by atoms with E-state index in [1.807, 2.05) is 45.0 Å². The van der Waals surface area contributed by atoms with Gasteiger partial charge in [-0.3, -0.25) is 18.7 Å². The topological polar surface area (TPSA) is 116 Å². The molecule has 0 saturated heterocycles. The predicted octanol–water partition coefficient (Wildman–Crippen LogP) is 2.56. The molecule has 1 aromatic carbocycles. The Kier molecular flexibility index (Phi) is 8.29. The lowest BCUT2D eigenvalue weighted by Crippen LogP contribution is -2.34. The van der Waals surface area contributed by atoms with E-state index in [2.05, 4.69) is 5.32 Å². The maximum absolute atomic E-state index is 11.8. The molecule has 0 aromatic heterocycles. The van der Waals surface area contributed by atoms with Crippen LogP contribution in [0.3, 0.4) is 0 Å². The quantitative estimate of drug-likeness (QED) is 0.419. The molecule has 1 unspecified atom stereocenters. The van der Waals surface area contributed by atoms with Crippen LogP contribution in [0, 0.1) is 0 Å². The Morgan fingerprint density at radius 1 is 1.23 bits per heavy atom. The van der Waals surface area contributed by atoms with Crippen LogP contribution in [0.4, 0.5) is 5.69 Å². The summed E-state index contributed by atoms with van der Waals surface area (Å²) in [5, 5.41) is 2.96. The van der Waals surface area contributed by atoms with Crippen molar-refractivity contribution >= 4 is 34.6 Å². The predicted molar refractivity (Wildman–Crippen MR) is 117 cm³/mol. The highest BCUT2D eigenvalue weighted by atomic mass is 32.2. The number of amides is 2. The minimum atomic E-state index is -2.23. The van der Waals surface area contributed by atoms with E-state index in [1.54, 1.807) is 19.2 Å². The monoisotopic (exact) mass is 447 g/mol. The second-order valence-electron chi connectivity index (χ2n) is 7.90. The number of carbonyl (C=O) groups is 3. The van der Waals surface area contributed by atoms with Crippen molar-refractivity contribution in [2.24, 2.45) is 0 Å². The fraction of sp³-hybridized carbons (Fsp3) is 0.409. The van der Waals surface area contributed by atoms with E-state index < -0.39 is 16.7 Å². The zero-order valence-corrected chi connectivity index (χ0v) is 18.9. The Hall–Kier alpha value is -2.78. The minimum Gasteiger partial charge on any atom is -0.772 e. The smallest absolute Gasteiger partial charge is 0.340 e. The molecule has 0 fully saturated rings. The lowest BCUT2D eigenvalue weighted by molar-refractivity contribution is -0.137. The van der Waals surface area contributed by atoms with Crippen molar-refractivity contribution in [2.45, 2.75) is 39.2 Å². The first-order valence-corrected chi connectivity index (χ1v) is 11.1. The van der Waals surface area contributed by atoms with Crippen molar-refractivity contribution in [3.63, 3.8) is 0 Å². The fourth-order valence-corrected chi connectivity index (χ4v) is 3.40. The standard InChI is InChI=1S/C12H17NO2.C10H11NO4S/c1-12(2,3)15-11(14)9-7-5-6-8-10(9)13-4;12-9-7-3-1-2-4-8(7)10(13)11(9)5-6-16(14)15/h5-8,13H,1-4H3;1,3H,2,4-6H2,(H,14,15)/p-1. The van der Waals surface area contributed by atoms with Crippen molar-refractivity contribution in [3.8, 4) is 0 Å². The van der Waals surface area contributed by atoms with Crippen LogP contribution in [0.25, 0.3) is 0 Å². The molecule has 9 heteroatoms. The number of nitrogens with one attached hydrogen (secondary N) is 1. The van der Waals surface area contributed by atoms with Crippen molar-refractivity contribution in [3.05, 3.63) is 53.1 Å². The van der Waals surface area contributed by atoms with Gasteiger partial charge in [-0.2, -0.15) is 0 Å². The molecule has 1 aromatic rings. The van der Waals surface area contributed by atoms with Crippen LogP contribution in [0.15, 0.2) is 47.6 Å². The number of para-hydroxylation sites is 1. The van der Waals surface area contributed by atoms with Crippen molar-refractivity contribution in [1.82, 2.24) is 4.90 Å². The molecule has 8 nitrogen and oxygen atoms in total. The summed E-state index contributed by atoms with van der Waals surface area (Å²) < 4.78 is 26.1. The van der Waals surface area contributed by atoms with Crippen LogP contribution >= 0.6 is 0 Å². The van der Waals surface area contributed by atoms with Gasteiger partial charge in [0.2, 0.25) is 0 Å². The average Bonchev–Trinajstić information content (AvgIpc) is 2.96. The van der Waals surface area contributed by atoms with Crippen molar-refractivity contribution in [1.29, 1.82) is 0 Å². The van der Waals surface area contributed by atoms with Gasteiger partial charge in [-0.25, -0.2) is 4.79 Å². The molecule has 1 atom stereocenters. The number of hydrogen-bond donors (Lipinski definition) is 1. The first-order chi connectivity index (χ1) is 14.5. The zero-order valence-electron chi connectivity index (χ0n) is 18.1. The van der Waals surface area contributed by atoms with Gasteiger partial charge < -0.3 is 14.6 Å². The van der Waals surface area contributed by atoms with E-state index in [-0.39, 0.29) is 30.1 Å². The summed E-state index contributed by atoms with van der Waals surface area (Å²) in [5.41, 5.74) is 1.83. The van der Waals surface area contributed by atoms with Gasteiger partial charge in [-0.1, -0.05) is 35.4 Å². The summed E-state index contributed by atoms with van der Waals surface area (Å²) in [6.45, 7) is 5.50. The number of allylic oxidation sites excluding steroid dienone is 1. The second-order valence-corrected chi connectivity index (χ2v) is 8.92. The highest BCUT2D eigenvalue weighted by Gasteiger charge is 2.36. The van der Waals surface area contributed by atoms with Gasteiger partial charge in [0.1, 0.15) is 5.60 Å². The van der Waals surface area contributed by atoms with E-state index in [4.69, 9.17) is 4.74 Å². The number of benzene rings is 1. The molecule has 1 aliphatic heterocycles. The van der Waals surface area contributed by atoms with Crippen LogP contribution in [-0.2, 0) is 25.4 Å². The highest BCUT2D eigenvalue weighted by Crippen LogP contribution is 2.28. The normalized spacial score (nSPS) is 16.5. The number of esters is 1. The largest absolute Gasteiger partial charge is 0.772 e. The minimum absolute atomic E-state index is 0.0609. The first-order valence-electron chi connectivity index (χ1n) is 9.87. The average molecular weight is 448 g/mol. The molecular weight excluding hydrogens is 420 g/mol. The summed E-state index contributed by atoms with van der Waals surface area (Å²) in [6.07, 6.45) is 4.80. The molecule has 168 valence electrons. The van der Waals surface area contributed by atoms with Crippen LogP contribution < -0.4 is 5.32 Å². The maximum atomic E-state index is 11.8. The van der Waals surface area contributed by atoms with E-state index >= 15 is 0 Å². The summed E-state index contributed by atoms with van der Waals surface area (Å²) in [6, 6.07) is 7.29. The van der Waals surface area contributed by atoms with Crippen LogP contribution in [0.1, 0.15) is 44.0 Å². The van der Waals surface area contributed by atoms with Gasteiger partial charge in [0.15, 0.2) is 0 Å². The zero-order chi connectivity index (χ0) is 23.2. The van der Waals surface area contributed by atoms with Gasteiger partial charge in [-0.15, -0.1) is 0 Å². The maximum Gasteiger partial charge on any atom is 0.340 e. The molecule has 3 rings (SSSR count). The number of nitrogens with zero attached hydrogens (tertiary/aromatic N) is 1. The van der Waals surface area contributed by atoms with E-state index in [0.717, 1.165) is 17.0 Å². The SMILES string of the molecule is CNc1ccccc1C(=O)OC(C)(C)C.O=C1C2=C(CCC=C2)C(=O)N1CCS(=O)[O-]. The Bertz CT molecular complexity index is 946. The van der Waals surface area contributed by atoms with Crippen LogP contribution in [0.5, 0.6) is 0 Å². The molecule has 0 bridgehead atoms. The Balaban J connectivity index is 0.000000221. The molecule has 31 heavy (non-hydrogen) atoms. The molecular formula is C22H27N2O6S-. The molecule has 2 aliphatic rings. The summed E-state index contributed by atoms with van der Waals surface area (Å²) in [4.78, 5) is 36.3. The molecule has 2 amide bonds. The van der Waals surface area contributed by atoms with E-state index in [1.165, 1.54) is 0 Å². The molecule has 0 radical (unpaired) electrons. The van der Waals surface area contributed by atoms with Crippen molar-refractivity contribution in [2.75, 3.05) is 24.7 Å². The summed E-state index contributed by atoms with van der Waals surface area (Å²) in [5.74, 6) is -1.22. The lowest BCUT2D eigenvalue weighted by Gasteiger charge is -2.20. The first kappa shape index (κ1) is 24.5. The van der Waals surface area contributed by atoms with Gasteiger partial charge in [0.05, 0.1) is 5.56 Å². The number of anilines is 1. The van der Waals surface area contributed by atoms with Gasteiger partial charge in [0, 0.05) is 36.2 Å².